The van der Waals surface area contributed by atoms with E-state index in [0.29, 0.717) is 27.3 Å². The van der Waals surface area contributed by atoms with Gasteiger partial charge in [-0.3, -0.25) is 19.8 Å². The standard InChI is InChI=1S/C25H23ClN2O4/c1-24(2,3)18-8-13-22-21(14-18)23(29)27(15-16-4-11-20(12-5-16)28(31)32)25(22,30)17-6-9-19(26)10-7-17/h4-14,30H,15H2,1-3H3. The maximum absolute atomic E-state index is 13.5. The van der Waals surface area contributed by atoms with E-state index in [4.69, 9.17) is 11.6 Å². The number of hydrogen-bond acceptors (Lipinski definition) is 4. The lowest BCUT2D eigenvalue weighted by molar-refractivity contribution is -0.384. The van der Waals surface area contributed by atoms with E-state index in [9.17, 15) is 20.0 Å². The molecule has 0 saturated heterocycles. The molecule has 1 aliphatic rings. The van der Waals surface area contributed by atoms with Crippen LogP contribution in [0.5, 0.6) is 0 Å². The van der Waals surface area contributed by atoms with E-state index in [1.54, 1.807) is 42.5 Å². The highest BCUT2D eigenvalue weighted by Crippen LogP contribution is 2.44. The van der Waals surface area contributed by atoms with Gasteiger partial charge in [-0.15, -0.1) is 0 Å². The maximum atomic E-state index is 13.5. The second kappa shape index (κ2) is 7.73. The molecule has 0 aliphatic carbocycles. The lowest BCUT2D eigenvalue weighted by atomic mass is 9.84. The van der Waals surface area contributed by atoms with Gasteiger partial charge < -0.3 is 5.11 Å². The van der Waals surface area contributed by atoms with Crippen molar-refractivity contribution in [1.29, 1.82) is 0 Å². The number of nitrogens with zero attached hydrogens (tertiary/aromatic N) is 2. The summed E-state index contributed by atoms with van der Waals surface area (Å²) in [5.74, 6) is -0.304. The Bertz CT molecular complexity index is 1200. The molecule has 6 nitrogen and oxygen atoms in total. The van der Waals surface area contributed by atoms with Crippen molar-refractivity contribution in [3.8, 4) is 0 Å². The van der Waals surface area contributed by atoms with Crippen molar-refractivity contribution >= 4 is 23.2 Å². The number of non-ortho nitro benzene ring substituents is 1. The molecule has 3 aromatic carbocycles. The maximum Gasteiger partial charge on any atom is 0.269 e. The lowest BCUT2D eigenvalue weighted by Crippen LogP contribution is -2.44. The number of nitro benzene ring substituents is 1. The molecule has 1 aliphatic heterocycles. The van der Waals surface area contributed by atoms with E-state index in [2.05, 4.69) is 20.8 Å². The first-order valence-corrected chi connectivity index (χ1v) is 10.6. The molecule has 164 valence electrons. The van der Waals surface area contributed by atoms with E-state index in [0.717, 1.165) is 5.56 Å². The molecule has 0 bridgehead atoms. The topological polar surface area (TPSA) is 83.7 Å². The largest absolute Gasteiger partial charge is 0.363 e. The second-order valence-electron chi connectivity index (χ2n) is 9.00. The van der Waals surface area contributed by atoms with Crippen LogP contribution in [-0.4, -0.2) is 20.8 Å². The number of aliphatic hydroxyl groups is 1. The number of fused-ring (bicyclic) bond motifs is 1. The number of halogens is 1. The molecule has 0 fully saturated rings. The summed E-state index contributed by atoms with van der Waals surface area (Å²) in [4.78, 5) is 25.4. The molecule has 0 saturated carbocycles. The van der Waals surface area contributed by atoms with Crippen molar-refractivity contribution in [3.05, 3.63) is 110 Å². The summed E-state index contributed by atoms with van der Waals surface area (Å²) in [6, 6.07) is 18.3. The van der Waals surface area contributed by atoms with Crippen LogP contribution in [0, 0.1) is 10.1 Å². The normalized spacial score (nSPS) is 18.0. The van der Waals surface area contributed by atoms with Gasteiger partial charge in [0.1, 0.15) is 0 Å². The summed E-state index contributed by atoms with van der Waals surface area (Å²) in [6.45, 7) is 6.27. The van der Waals surface area contributed by atoms with E-state index in [1.165, 1.54) is 17.0 Å². The van der Waals surface area contributed by atoms with Crippen molar-refractivity contribution in [2.24, 2.45) is 0 Å². The van der Waals surface area contributed by atoms with Crippen molar-refractivity contribution in [2.45, 2.75) is 38.5 Å². The first-order chi connectivity index (χ1) is 15.0. The molecular formula is C25H23ClN2O4. The predicted molar refractivity (Wildman–Crippen MR) is 123 cm³/mol. The van der Waals surface area contributed by atoms with E-state index >= 15 is 0 Å². The first-order valence-electron chi connectivity index (χ1n) is 10.2. The summed E-state index contributed by atoms with van der Waals surface area (Å²) >= 11 is 6.05. The molecular weight excluding hydrogens is 428 g/mol. The minimum Gasteiger partial charge on any atom is -0.363 e. The Labute approximate surface area is 191 Å². The summed E-state index contributed by atoms with van der Waals surface area (Å²) in [7, 11) is 0. The third-order valence-corrected chi connectivity index (χ3v) is 6.11. The molecule has 0 spiro atoms. The Morgan fingerprint density at radius 2 is 1.66 bits per heavy atom. The van der Waals surface area contributed by atoms with Gasteiger partial charge in [0.2, 0.25) is 0 Å². The van der Waals surface area contributed by atoms with Gasteiger partial charge in [-0.25, -0.2) is 0 Å². The molecule has 32 heavy (non-hydrogen) atoms. The Kier molecular flexibility index (Phi) is 5.31. The van der Waals surface area contributed by atoms with E-state index < -0.39 is 10.6 Å². The Morgan fingerprint density at radius 3 is 2.22 bits per heavy atom. The highest BCUT2D eigenvalue weighted by Gasteiger charge is 2.50. The smallest absolute Gasteiger partial charge is 0.269 e. The van der Waals surface area contributed by atoms with Crippen LogP contribution in [0.3, 0.4) is 0 Å². The van der Waals surface area contributed by atoms with Crippen LogP contribution < -0.4 is 0 Å². The van der Waals surface area contributed by atoms with Crippen LogP contribution in [0.4, 0.5) is 5.69 Å². The van der Waals surface area contributed by atoms with Crippen molar-refractivity contribution in [2.75, 3.05) is 0 Å². The number of carbonyl (C=O) groups excluding carboxylic acids is 1. The van der Waals surface area contributed by atoms with Gasteiger partial charge in [-0.05, 0) is 34.7 Å². The molecule has 0 aromatic heterocycles. The van der Waals surface area contributed by atoms with Crippen molar-refractivity contribution in [3.63, 3.8) is 0 Å². The number of nitro groups is 1. The van der Waals surface area contributed by atoms with Gasteiger partial charge in [0.25, 0.3) is 11.6 Å². The number of hydrogen-bond donors (Lipinski definition) is 1. The van der Waals surface area contributed by atoms with Gasteiger partial charge in [0.15, 0.2) is 5.72 Å². The van der Waals surface area contributed by atoms with Crippen LogP contribution in [-0.2, 0) is 17.7 Å². The Morgan fingerprint density at radius 1 is 1.03 bits per heavy atom. The third kappa shape index (κ3) is 3.66. The van der Waals surface area contributed by atoms with Crippen molar-refractivity contribution < 1.29 is 14.8 Å². The van der Waals surface area contributed by atoms with E-state index in [1.807, 2.05) is 12.1 Å². The van der Waals surface area contributed by atoms with Crippen LogP contribution in [0.25, 0.3) is 0 Å². The minimum atomic E-state index is -1.70. The third-order valence-electron chi connectivity index (χ3n) is 5.86. The average molecular weight is 451 g/mol. The Hall–Kier alpha value is -3.22. The zero-order chi connectivity index (χ0) is 23.3. The fourth-order valence-electron chi connectivity index (χ4n) is 4.01. The molecule has 3 aromatic rings. The number of rotatable bonds is 4. The predicted octanol–water partition coefficient (Wildman–Crippen LogP) is 5.40. The SMILES string of the molecule is CC(C)(C)c1ccc2c(c1)C(=O)N(Cc1ccc([N+](=O)[O-])cc1)C2(O)c1ccc(Cl)cc1. The fourth-order valence-corrected chi connectivity index (χ4v) is 4.14. The highest BCUT2D eigenvalue weighted by atomic mass is 35.5. The van der Waals surface area contributed by atoms with Crippen LogP contribution >= 0.6 is 11.6 Å². The Balaban J connectivity index is 1.83. The van der Waals surface area contributed by atoms with E-state index in [-0.39, 0.29) is 23.6 Å². The van der Waals surface area contributed by atoms with Gasteiger partial charge in [-0.1, -0.05) is 68.8 Å². The van der Waals surface area contributed by atoms with Gasteiger partial charge in [0.05, 0.1) is 4.92 Å². The monoisotopic (exact) mass is 450 g/mol. The fraction of sp³-hybridized carbons (Fsp3) is 0.240. The second-order valence-corrected chi connectivity index (χ2v) is 9.44. The quantitative estimate of drug-likeness (QED) is 0.426. The van der Waals surface area contributed by atoms with Gasteiger partial charge in [-0.2, -0.15) is 0 Å². The summed E-state index contributed by atoms with van der Waals surface area (Å²) < 4.78 is 0. The lowest BCUT2D eigenvalue weighted by Gasteiger charge is -2.35. The van der Waals surface area contributed by atoms with Gasteiger partial charge >= 0.3 is 0 Å². The summed E-state index contributed by atoms with van der Waals surface area (Å²) in [6.07, 6.45) is 0. The average Bonchev–Trinajstić information content (AvgIpc) is 2.96. The highest BCUT2D eigenvalue weighted by molar-refractivity contribution is 6.30. The molecule has 7 heteroatoms. The molecule has 1 heterocycles. The van der Waals surface area contributed by atoms with Crippen LogP contribution in [0.1, 0.15) is 53.4 Å². The zero-order valence-corrected chi connectivity index (χ0v) is 18.8. The summed E-state index contributed by atoms with van der Waals surface area (Å²) in [5.41, 5.74) is 1.21. The first kappa shape index (κ1) is 22.0. The summed E-state index contributed by atoms with van der Waals surface area (Å²) in [5, 5.41) is 23.5. The number of carbonyl (C=O) groups is 1. The van der Waals surface area contributed by atoms with Crippen LogP contribution in [0.15, 0.2) is 66.7 Å². The van der Waals surface area contributed by atoms with Crippen molar-refractivity contribution in [1.82, 2.24) is 4.90 Å². The number of amides is 1. The zero-order valence-electron chi connectivity index (χ0n) is 18.0. The van der Waals surface area contributed by atoms with Crippen LogP contribution in [0.2, 0.25) is 5.02 Å². The molecule has 1 atom stereocenters. The molecule has 1 unspecified atom stereocenters. The molecule has 0 radical (unpaired) electrons. The number of benzene rings is 3. The molecule has 4 rings (SSSR count). The molecule has 1 N–H and O–H groups in total. The minimum absolute atomic E-state index is 0.0347. The molecule has 1 amide bonds. The van der Waals surface area contributed by atoms with Gasteiger partial charge in [0, 0.05) is 40.4 Å².